The van der Waals surface area contributed by atoms with Gasteiger partial charge in [0.05, 0.1) is 6.04 Å². The summed E-state index contributed by atoms with van der Waals surface area (Å²) in [6.45, 7) is 9.26. The van der Waals surface area contributed by atoms with Crippen LogP contribution >= 0.6 is 0 Å². The normalized spacial score (nSPS) is 29.4. The fraction of sp³-hybridized carbons (Fsp3) is 0.300. The van der Waals surface area contributed by atoms with Gasteiger partial charge in [-0.3, -0.25) is 4.99 Å². The molecule has 0 spiro atoms. The summed E-state index contributed by atoms with van der Waals surface area (Å²) in [5.41, 5.74) is 1.31. The molecule has 0 N–H and O–H groups in total. The fourth-order valence-corrected chi connectivity index (χ4v) is 1.21. The molecule has 0 aromatic rings. The van der Waals surface area contributed by atoms with Crippen LogP contribution in [0.2, 0.25) is 0 Å². The van der Waals surface area contributed by atoms with E-state index in [2.05, 4.69) is 37.4 Å². The minimum absolute atomic E-state index is 0.297. The second kappa shape index (κ2) is 3.33. The maximum atomic E-state index is 3.97. The number of hydrogen-bond donors (Lipinski definition) is 0. The van der Waals surface area contributed by atoms with Crippen molar-refractivity contribution in [2.75, 3.05) is 0 Å². The summed E-state index contributed by atoms with van der Waals surface area (Å²) in [7, 11) is 0. The topological polar surface area (TPSA) is 12.4 Å². The molecule has 0 heterocycles. The Morgan fingerprint density at radius 3 is 2.64 bits per heavy atom. The molecule has 11 heavy (non-hydrogen) atoms. The van der Waals surface area contributed by atoms with Crippen molar-refractivity contribution in [3.8, 4) is 0 Å². The van der Waals surface area contributed by atoms with Crippen molar-refractivity contribution in [2.45, 2.75) is 13.0 Å². The van der Waals surface area contributed by atoms with Gasteiger partial charge in [0.15, 0.2) is 0 Å². The monoisotopic (exact) mass is 147 g/mol. The van der Waals surface area contributed by atoms with Gasteiger partial charge in [0.25, 0.3) is 0 Å². The van der Waals surface area contributed by atoms with Crippen LogP contribution in [0.5, 0.6) is 0 Å². The molecule has 0 radical (unpaired) electrons. The molecule has 1 rings (SSSR count). The molecular weight excluding hydrogens is 134 g/mol. The van der Waals surface area contributed by atoms with Gasteiger partial charge in [0.2, 0.25) is 0 Å². The Hall–Kier alpha value is -1.11. The van der Waals surface area contributed by atoms with E-state index >= 15 is 0 Å². The second-order valence-corrected chi connectivity index (χ2v) is 2.73. The molecule has 58 valence electrons. The second-order valence-electron chi connectivity index (χ2n) is 2.73. The highest BCUT2D eigenvalue weighted by Gasteiger charge is 2.23. The average Bonchev–Trinajstić information content (AvgIpc) is 1.86. The summed E-state index contributed by atoms with van der Waals surface area (Å²) >= 11 is 0. The number of aliphatic imine (C=N–C) groups is 1. The van der Waals surface area contributed by atoms with E-state index in [0.717, 1.165) is 0 Å². The van der Waals surface area contributed by atoms with Gasteiger partial charge >= 0.3 is 0 Å². The maximum Gasteiger partial charge on any atom is 0.0772 e. The molecule has 1 nitrogen and oxygen atoms in total. The molecule has 1 aliphatic carbocycles. The molecule has 0 amide bonds. The van der Waals surface area contributed by atoms with E-state index in [0.29, 0.717) is 12.0 Å². The Morgan fingerprint density at radius 2 is 2.27 bits per heavy atom. The Labute approximate surface area is 67.8 Å². The third-order valence-corrected chi connectivity index (χ3v) is 2.00. The highest BCUT2D eigenvalue weighted by molar-refractivity contribution is 5.34. The highest BCUT2D eigenvalue weighted by Crippen LogP contribution is 2.27. The molecule has 2 atom stereocenters. The smallest absolute Gasteiger partial charge is 0.0772 e. The minimum atomic E-state index is 0.297. The van der Waals surface area contributed by atoms with Crippen molar-refractivity contribution in [3.05, 3.63) is 36.5 Å². The van der Waals surface area contributed by atoms with E-state index in [1.165, 1.54) is 5.57 Å². The van der Waals surface area contributed by atoms with Gasteiger partial charge < -0.3 is 0 Å². The molecule has 0 aromatic heterocycles. The SMILES string of the molecule is C=C/C=C(\C)C1C=CC1N=C. The predicted molar refractivity (Wildman–Crippen MR) is 49.9 cm³/mol. The molecule has 0 saturated heterocycles. The number of rotatable bonds is 3. The van der Waals surface area contributed by atoms with E-state index in [1.807, 2.05) is 12.2 Å². The summed E-state index contributed by atoms with van der Waals surface area (Å²) in [5, 5.41) is 0. The quantitative estimate of drug-likeness (QED) is 0.330. The Balaban J connectivity index is 2.64. The third-order valence-electron chi connectivity index (χ3n) is 2.00. The lowest BCUT2D eigenvalue weighted by Crippen LogP contribution is -2.23. The van der Waals surface area contributed by atoms with Gasteiger partial charge in [-0.15, -0.1) is 0 Å². The number of nitrogens with zero attached hydrogens (tertiary/aromatic N) is 1. The van der Waals surface area contributed by atoms with Gasteiger partial charge in [0.1, 0.15) is 0 Å². The lowest BCUT2D eigenvalue weighted by atomic mass is 9.83. The zero-order valence-corrected chi connectivity index (χ0v) is 6.83. The molecule has 0 fully saturated rings. The van der Waals surface area contributed by atoms with Crippen molar-refractivity contribution in [1.82, 2.24) is 0 Å². The number of allylic oxidation sites excluding steroid dienone is 2. The highest BCUT2D eigenvalue weighted by atomic mass is 14.8. The molecule has 1 aliphatic rings. The van der Waals surface area contributed by atoms with Crippen molar-refractivity contribution >= 4 is 6.72 Å². The van der Waals surface area contributed by atoms with Crippen LogP contribution in [0.25, 0.3) is 0 Å². The third kappa shape index (κ3) is 1.48. The Bertz CT molecular complexity index is 223. The van der Waals surface area contributed by atoms with Gasteiger partial charge in [-0.2, -0.15) is 0 Å². The lowest BCUT2D eigenvalue weighted by Gasteiger charge is -2.26. The summed E-state index contributed by atoms with van der Waals surface area (Å²) in [6.07, 6.45) is 8.04. The molecule has 2 unspecified atom stereocenters. The van der Waals surface area contributed by atoms with E-state index in [-0.39, 0.29) is 0 Å². The van der Waals surface area contributed by atoms with Crippen LogP contribution in [0.3, 0.4) is 0 Å². The van der Waals surface area contributed by atoms with E-state index < -0.39 is 0 Å². The fourth-order valence-electron chi connectivity index (χ4n) is 1.21. The molecule has 0 aromatic carbocycles. The van der Waals surface area contributed by atoms with Crippen molar-refractivity contribution in [2.24, 2.45) is 10.9 Å². The van der Waals surface area contributed by atoms with Crippen LogP contribution < -0.4 is 0 Å². The van der Waals surface area contributed by atoms with Crippen molar-refractivity contribution in [1.29, 1.82) is 0 Å². The average molecular weight is 147 g/mol. The Morgan fingerprint density at radius 1 is 1.55 bits per heavy atom. The standard InChI is InChI=1S/C10H13N/c1-4-5-8(2)9-6-7-10(9)11-3/h4-7,9-10H,1,3H2,2H3/b8-5+. The van der Waals surface area contributed by atoms with Crippen molar-refractivity contribution in [3.63, 3.8) is 0 Å². The van der Waals surface area contributed by atoms with Crippen LogP contribution in [0.4, 0.5) is 0 Å². The van der Waals surface area contributed by atoms with Crippen LogP contribution in [-0.4, -0.2) is 12.8 Å². The van der Waals surface area contributed by atoms with E-state index in [9.17, 15) is 0 Å². The van der Waals surface area contributed by atoms with Crippen LogP contribution in [-0.2, 0) is 0 Å². The molecule has 0 bridgehead atoms. The molecule has 0 aliphatic heterocycles. The summed E-state index contributed by atoms with van der Waals surface area (Å²) < 4.78 is 0. The van der Waals surface area contributed by atoms with E-state index in [1.54, 1.807) is 0 Å². The molecular formula is C10H13N. The first-order chi connectivity index (χ1) is 5.29. The first-order valence-electron chi connectivity index (χ1n) is 3.73. The zero-order chi connectivity index (χ0) is 8.27. The first-order valence-corrected chi connectivity index (χ1v) is 3.73. The minimum Gasteiger partial charge on any atom is -0.293 e. The van der Waals surface area contributed by atoms with Gasteiger partial charge in [-0.25, -0.2) is 0 Å². The Kier molecular flexibility index (Phi) is 2.42. The molecule has 1 heteroatoms. The van der Waals surface area contributed by atoms with Crippen molar-refractivity contribution < 1.29 is 0 Å². The van der Waals surface area contributed by atoms with Gasteiger partial charge in [-0.05, 0) is 13.6 Å². The summed E-state index contributed by atoms with van der Waals surface area (Å²) in [6, 6.07) is 0.297. The van der Waals surface area contributed by atoms with Crippen LogP contribution in [0.15, 0.2) is 41.4 Å². The van der Waals surface area contributed by atoms with Gasteiger partial charge in [-0.1, -0.05) is 36.5 Å². The summed E-state index contributed by atoms with van der Waals surface area (Å²) in [5.74, 6) is 0.463. The largest absolute Gasteiger partial charge is 0.293 e. The lowest BCUT2D eigenvalue weighted by molar-refractivity contribution is 0.605. The van der Waals surface area contributed by atoms with Crippen LogP contribution in [0, 0.1) is 5.92 Å². The van der Waals surface area contributed by atoms with Gasteiger partial charge in [0, 0.05) is 5.92 Å². The first kappa shape index (κ1) is 7.99. The predicted octanol–water partition coefficient (Wildman–Crippen LogP) is 2.37. The van der Waals surface area contributed by atoms with Crippen LogP contribution in [0.1, 0.15) is 6.92 Å². The maximum absolute atomic E-state index is 3.97. The number of hydrogen-bond acceptors (Lipinski definition) is 1. The molecule has 0 saturated carbocycles. The summed E-state index contributed by atoms with van der Waals surface area (Å²) in [4.78, 5) is 3.97. The zero-order valence-electron chi connectivity index (χ0n) is 6.83. The van der Waals surface area contributed by atoms with E-state index in [4.69, 9.17) is 0 Å².